The molecule has 1 aromatic heterocycles. The Morgan fingerprint density at radius 2 is 2.38 bits per heavy atom. The van der Waals surface area contributed by atoms with Crippen molar-refractivity contribution in [3.8, 4) is 0 Å². The molecule has 1 saturated heterocycles. The van der Waals surface area contributed by atoms with Gasteiger partial charge in [-0.2, -0.15) is 0 Å². The number of likely N-dealkylation sites (tertiary alicyclic amines) is 1. The van der Waals surface area contributed by atoms with E-state index in [0.29, 0.717) is 12.1 Å². The number of nitrogens with one attached hydrogen (secondary N) is 1. The molecule has 1 aliphatic heterocycles. The van der Waals surface area contributed by atoms with Gasteiger partial charge in [-0.15, -0.1) is 11.3 Å². The van der Waals surface area contributed by atoms with Crippen LogP contribution < -0.4 is 5.32 Å². The van der Waals surface area contributed by atoms with Crippen molar-refractivity contribution in [3.63, 3.8) is 0 Å². The molecule has 2 unspecified atom stereocenters. The molecule has 0 aromatic carbocycles. The van der Waals surface area contributed by atoms with E-state index < -0.39 is 0 Å². The summed E-state index contributed by atoms with van der Waals surface area (Å²) in [6.45, 7) is 3.37. The van der Waals surface area contributed by atoms with Crippen molar-refractivity contribution in [1.29, 1.82) is 0 Å². The minimum Gasteiger partial charge on any atom is -0.312 e. The number of piperidine rings is 1. The van der Waals surface area contributed by atoms with E-state index in [1.165, 1.54) is 36.5 Å². The van der Waals surface area contributed by atoms with E-state index in [2.05, 4.69) is 29.6 Å². The molecule has 2 rings (SSSR count). The standard InChI is InChI=1S/C12H21N3S/c1-9(13-2)10-8-16-12(14-10)11-6-4-5-7-15(11)3/h8-9,11,13H,4-7H2,1-3H3. The molecule has 16 heavy (non-hydrogen) atoms. The van der Waals surface area contributed by atoms with Crippen molar-refractivity contribution >= 4 is 11.3 Å². The number of nitrogens with zero attached hydrogens (tertiary/aromatic N) is 2. The molecule has 1 aliphatic rings. The fourth-order valence-electron chi connectivity index (χ4n) is 2.19. The van der Waals surface area contributed by atoms with E-state index in [4.69, 9.17) is 4.98 Å². The summed E-state index contributed by atoms with van der Waals surface area (Å²) in [5, 5.41) is 6.72. The summed E-state index contributed by atoms with van der Waals surface area (Å²) in [7, 11) is 4.20. The lowest BCUT2D eigenvalue weighted by Gasteiger charge is -2.30. The van der Waals surface area contributed by atoms with Gasteiger partial charge in [-0.05, 0) is 40.4 Å². The first-order chi connectivity index (χ1) is 7.72. The highest BCUT2D eigenvalue weighted by atomic mass is 32.1. The van der Waals surface area contributed by atoms with Crippen molar-refractivity contribution in [3.05, 3.63) is 16.1 Å². The molecule has 1 fully saturated rings. The van der Waals surface area contributed by atoms with Gasteiger partial charge in [0.05, 0.1) is 11.7 Å². The SMILES string of the molecule is CNC(C)c1csc(C2CCCCN2C)n1. The molecular weight excluding hydrogens is 218 g/mol. The van der Waals surface area contributed by atoms with Gasteiger partial charge in [0.1, 0.15) is 5.01 Å². The van der Waals surface area contributed by atoms with Crippen LogP contribution in [-0.2, 0) is 0 Å². The molecular formula is C12H21N3S. The molecule has 0 spiro atoms. The van der Waals surface area contributed by atoms with Crippen LogP contribution in [0.3, 0.4) is 0 Å². The number of hydrogen-bond donors (Lipinski definition) is 1. The Morgan fingerprint density at radius 3 is 3.06 bits per heavy atom. The van der Waals surface area contributed by atoms with E-state index >= 15 is 0 Å². The smallest absolute Gasteiger partial charge is 0.110 e. The third-order valence-electron chi connectivity index (χ3n) is 3.47. The third kappa shape index (κ3) is 2.44. The van der Waals surface area contributed by atoms with Crippen LogP contribution in [0.4, 0.5) is 0 Å². The highest BCUT2D eigenvalue weighted by Gasteiger charge is 2.23. The predicted molar refractivity (Wildman–Crippen MR) is 68.8 cm³/mol. The summed E-state index contributed by atoms with van der Waals surface area (Å²) in [6, 6.07) is 0.912. The largest absolute Gasteiger partial charge is 0.312 e. The molecule has 0 radical (unpaired) electrons. The van der Waals surface area contributed by atoms with Crippen molar-refractivity contribution in [1.82, 2.24) is 15.2 Å². The van der Waals surface area contributed by atoms with Crippen LogP contribution >= 0.6 is 11.3 Å². The molecule has 0 aliphatic carbocycles. The summed E-state index contributed by atoms with van der Waals surface area (Å²) in [5.74, 6) is 0. The molecule has 1 aromatic rings. The molecule has 0 amide bonds. The first-order valence-electron chi connectivity index (χ1n) is 6.05. The minimum atomic E-state index is 0.360. The lowest BCUT2D eigenvalue weighted by molar-refractivity contribution is 0.187. The molecule has 2 atom stereocenters. The van der Waals surface area contributed by atoms with E-state index in [9.17, 15) is 0 Å². The van der Waals surface area contributed by atoms with Gasteiger partial charge in [0.2, 0.25) is 0 Å². The van der Waals surface area contributed by atoms with Crippen molar-refractivity contribution in [2.75, 3.05) is 20.6 Å². The van der Waals surface area contributed by atoms with Gasteiger partial charge >= 0.3 is 0 Å². The van der Waals surface area contributed by atoms with Crippen LogP contribution in [-0.4, -0.2) is 30.5 Å². The maximum Gasteiger partial charge on any atom is 0.110 e. The van der Waals surface area contributed by atoms with Crippen LogP contribution in [0, 0.1) is 0 Å². The van der Waals surface area contributed by atoms with Crippen LogP contribution in [0.2, 0.25) is 0 Å². The first-order valence-corrected chi connectivity index (χ1v) is 6.93. The Labute approximate surface area is 102 Å². The monoisotopic (exact) mass is 239 g/mol. The number of hydrogen-bond acceptors (Lipinski definition) is 4. The summed E-state index contributed by atoms with van der Waals surface area (Å²) < 4.78 is 0. The van der Waals surface area contributed by atoms with Crippen LogP contribution in [0.25, 0.3) is 0 Å². The van der Waals surface area contributed by atoms with Gasteiger partial charge in [-0.25, -0.2) is 4.98 Å². The normalized spacial score (nSPS) is 24.6. The van der Waals surface area contributed by atoms with Crippen LogP contribution in [0.15, 0.2) is 5.38 Å². The zero-order chi connectivity index (χ0) is 11.5. The molecule has 4 heteroatoms. The highest BCUT2D eigenvalue weighted by Crippen LogP contribution is 2.32. The molecule has 3 nitrogen and oxygen atoms in total. The molecule has 0 saturated carbocycles. The van der Waals surface area contributed by atoms with E-state index in [1.807, 2.05) is 18.4 Å². The lowest BCUT2D eigenvalue weighted by atomic mass is 10.0. The number of thiazole rings is 1. The van der Waals surface area contributed by atoms with E-state index in [1.54, 1.807) is 0 Å². The summed E-state index contributed by atoms with van der Waals surface area (Å²) in [4.78, 5) is 7.21. The Bertz CT molecular complexity index is 337. The Hall–Kier alpha value is -0.450. The van der Waals surface area contributed by atoms with E-state index in [0.717, 1.165) is 0 Å². The second-order valence-corrected chi connectivity index (χ2v) is 5.50. The Morgan fingerprint density at radius 1 is 1.56 bits per heavy atom. The van der Waals surface area contributed by atoms with Crippen LogP contribution in [0.1, 0.15) is 49.0 Å². The summed E-state index contributed by atoms with van der Waals surface area (Å²) in [5.41, 5.74) is 1.18. The zero-order valence-corrected chi connectivity index (χ0v) is 11.2. The maximum absolute atomic E-state index is 4.77. The molecule has 1 N–H and O–H groups in total. The minimum absolute atomic E-state index is 0.360. The van der Waals surface area contributed by atoms with Gasteiger partial charge in [-0.3, -0.25) is 4.90 Å². The topological polar surface area (TPSA) is 28.2 Å². The predicted octanol–water partition coefficient (Wildman–Crippen LogP) is 2.58. The second kappa shape index (κ2) is 5.25. The molecule has 2 heterocycles. The maximum atomic E-state index is 4.77. The molecule has 0 bridgehead atoms. The average molecular weight is 239 g/mol. The van der Waals surface area contributed by atoms with Gasteiger partial charge in [0, 0.05) is 11.4 Å². The lowest BCUT2D eigenvalue weighted by Crippen LogP contribution is -2.29. The van der Waals surface area contributed by atoms with Gasteiger partial charge in [0.25, 0.3) is 0 Å². The Kier molecular flexibility index (Phi) is 3.95. The Balaban J connectivity index is 2.11. The van der Waals surface area contributed by atoms with Crippen molar-refractivity contribution < 1.29 is 0 Å². The third-order valence-corrected chi connectivity index (χ3v) is 4.44. The number of rotatable bonds is 3. The summed E-state index contributed by atoms with van der Waals surface area (Å²) in [6.07, 6.45) is 3.93. The van der Waals surface area contributed by atoms with Crippen LogP contribution in [0.5, 0.6) is 0 Å². The summed E-state index contributed by atoms with van der Waals surface area (Å²) >= 11 is 1.81. The first kappa shape index (κ1) is 12.0. The fraction of sp³-hybridized carbons (Fsp3) is 0.750. The van der Waals surface area contributed by atoms with Gasteiger partial charge in [-0.1, -0.05) is 6.42 Å². The van der Waals surface area contributed by atoms with Gasteiger partial charge in [0.15, 0.2) is 0 Å². The highest BCUT2D eigenvalue weighted by molar-refractivity contribution is 7.09. The van der Waals surface area contributed by atoms with Crippen molar-refractivity contribution in [2.45, 2.75) is 38.3 Å². The zero-order valence-electron chi connectivity index (χ0n) is 10.4. The van der Waals surface area contributed by atoms with Gasteiger partial charge < -0.3 is 5.32 Å². The quantitative estimate of drug-likeness (QED) is 0.878. The van der Waals surface area contributed by atoms with E-state index in [-0.39, 0.29) is 0 Å². The molecule has 90 valence electrons. The fourth-order valence-corrected chi connectivity index (χ4v) is 3.30. The number of aromatic nitrogens is 1. The average Bonchev–Trinajstić information content (AvgIpc) is 2.78. The second-order valence-electron chi connectivity index (χ2n) is 4.61. The van der Waals surface area contributed by atoms with Crippen molar-refractivity contribution in [2.24, 2.45) is 0 Å².